The first kappa shape index (κ1) is 13.8. The van der Waals surface area contributed by atoms with Crippen molar-refractivity contribution in [2.45, 2.75) is 39.2 Å². The molecule has 4 nitrogen and oxygen atoms in total. The molecule has 5 heteroatoms. The van der Waals surface area contributed by atoms with E-state index in [4.69, 9.17) is 5.73 Å². The summed E-state index contributed by atoms with van der Waals surface area (Å²) in [4.78, 5) is 15.8. The number of pyridine rings is 1. The van der Waals surface area contributed by atoms with Gasteiger partial charge in [0, 0.05) is 6.04 Å². The first-order valence-electron chi connectivity index (χ1n) is 6.69. The van der Waals surface area contributed by atoms with Gasteiger partial charge in [0.1, 0.15) is 11.6 Å². The van der Waals surface area contributed by atoms with Crippen LogP contribution in [0.25, 0.3) is 0 Å². The van der Waals surface area contributed by atoms with Crippen LogP contribution in [0.5, 0.6) is 0 Å². The van der Waals surface area contributed by atoms with Crippen molar-refractivity contribution in [3.63, 3.8) is 0 Å². The minimum atomic E-state index is -0.551. The van der Waals surface area contributed by atoms with Gasteiger partial charge in [0.2, 0.25) is 0 Å². The lowest BCUT2D eigenvalue weighted by Gasteiger charge is -2.33. The van der Waals surface area contributed by atoms with Crippen LogP contribution < -0.4 is 11.1 Å². The van der Waals surface area contributed by atoms with Gasteiger partial charge >= 0.3 is 0 Å². The van der Waals surface area contributed by atoms with Crippen LogP contribution in [-0.4, -0.2) is 16.9 Å². The van der Waals surface area contributed by atoms with Crippen molar-refractivity contribution >= 4 is 11.7 Å². The lowest BCUT2D eigenvalue weighted by atomic mass is 9.80. The number of aromatic nitrogens is 1. The number of halogens is 1. The minimum Gasteiger partial charge on any atom is -0.383 e. The maximum absolute atomic E-state index is 13.1. The van der Waals surface area contributed by atoms with Crippen LogP contribution in [-0.2, 0) is 0 Å². The van der Waals surface area contributed by atoms with E-state index >= 15 is 0 Å². The van der Waals surface area contributed by atoms with E-state index in [1.165, 1.54) is 0 Å². The first-order valence-corrected chi connectivity index (χ1v) is 6.69. The monoisotopic (exact) mass is 265 g/mol. The number of nitrogen functional groups attached to an aromatic ring is 1. The zero-order chi connectivity index (χ0) is 14.0. The normalized spacial score (nSPS) is 27.0. The summed E-state index contributed by atoms with van der Waals surface area (Å²) in [6, 6.07) is 1.26. The zero-order valence-electron chi connectivity index (χ0n) is 11.3. The van der Waals surface area contributed by atoms with Crippen LogP contribution in [0.4, 0.5) is 10.2 Å². The summed E-state index contributed by atoms with van der Waals surface area (Å²) in [5.41, 5.74) is 5.73. The molecule has 3 unspecified atom stereocenters. The number of hydrogen-bond acceptors (Lipinski definition) is 3. The van der Waals surface area contributed by atoms with Gasteiger partial charge < -0.3 is 11.1 Å². The van der Waals surface area contributed by atoms with Crippen LogP contribution >= 0.6 is 0 Å². The largest absolute Gasteiger partial charge is 0.383 e. The molecule has 1 aliphatic carbocycles. The minimum absolute atomic E-state index is 0.0655. The number of nitrogens with one attached hydrogen (secondary N) is 1. The molecule has 0 radical (unpaired) electrons. The fraction of sp³-hybridized carbons (Fsp3) is 0.571. The fourth-order valence-corrected chi connectivity index (χ4v) is 2.76. The van der Waals surface area contributed by atoms with Gasteiger partial charge in [0.15, 0.2) is 0 Å². The van der Waals surface area contributed by atoms with Crippen LogP contribution in [0.15, 0.2) is 12.3 Å². The Morgan fingerprint density at radius 3 is 2.89 bits per heavy atom. The lowest BCUT2D eigenvalue weighted by Crippen LogP contribution is -2.42. The maximum Gasteiger partial charge on any atom is 0.255 e. The molecule has 0 aromatic carbocycles. The first-order chi connectivity index (χ1) is 8.97. The molecule has 3 atom stereocenters. The molecule has 0 saturated heterocycles. The Balaban J connectivity index is 2.06. The summed E-state index contributed by atoms with van der Waals surface area (Å²) >= 11 is 0. The molecule has 0 aliphatic heterocycles. The van der Waals surface area contributed by atoms with Crippen molar-refractivity contribution in [3.8, 4) is 0 Å². The van der Waals surface area contributed by atoms with Gasteiger partial charge in [0.05, 0.1) is 11.8 Å². The fourth-order valence-electron chi connectivity index (χ4n) is 2.76. The quantitative estimate of drug-likeness (QED) is 0.862. The molecule has 3 N–H and O–H groups in total. The Labute approximate surface area is 112 Å². The summed E-state index contributed by atoms with van der Waals surface area (Å²) < 4.78 is 13.1. The third kappa shape index (κ3) is 3.22. The number of rotatable bonds is 2. The molecule has 19 heavy (non-hydrogen) atoms. The molecule has 1 amide bonds. The highest BCUT2D eigenvalue weighted by Crippen LogP contribution is 2.28. The SMILES string of the molecule is CC1CCC(NC(=O)c2cc(F)cnc2N)C(C)C1. The van der Waals surface area contributed by atoms with Gasteiger partial charge in [-0.15, -0.1) is 0 Å². The van der Waals surface area contributed by atoms with Crippen molar-refractivity contribution in [2.24, 2.45) is 11.8 Å². The third-order valence-corrected chi connectivity index (χ3v) is 3.88. The van der Waals surface area contributed by atoms with Crippen molar-refractivity contribution in [1.82, 2.24) is 10.3 Å². The van der Waals surface area contributed by atoms with E-state index in [2.05, 4.69) is 24.1 Å². The second kappa shape index (κ2) is 5.55. The molecule has 2 rings (SSSR count). The summed E-state index contributed by atoms with van der Waals surface area (Å²) in [6.45, 7) is 4.36. The van der Waals surface area contributed by atoms with E-state index in [9.17, 15) is 9.18 Å². The Hall–Kier alpha value is -1.65. The second-order valence-electron chi connectivity index (χ2n) is 5.56. The molecule has 1 aliphatic rings. The zero-order valence-corrected chi connectivity index (χ0v) is 11.3. The van der Waals surface area contributed by atoms with Crippen molar-refractivity contribution in [3.05, 3.63) is 23.6 Å². The molecular formula is C14H20FN3O. The number of carbonyl (C=O) groups excluding carboxylic acids is 1. The Morgan fingerprint density at radius 1 is 1.47 bits per heavy atom. The summed E-state index contributed by atoms with van der Waals surface area (Å²) in [6.07, 6.45) is 4.17. The number of amides is 1. The Kier molecular flexibility index (Phi) is 4.02. The smallest absolute Gasteiger partial charge is 0.255 e. The third-order valence-electron chi connectivity index (χ3n) is 3.88. The van der Waals surface area contributed by atoms with Gasteiger partial charge in [-0.2, -0.15) is 0 Å². The van der Waals surface area contributed by atoms with Crippen LogP contribution in [0.1, 0.15) is 43.5 Å². The standard InChI is InChI=1S/C14H20FN3O/c1-8-3-4-12(9(2)5-8)18-14(19)11-6-10(15)7-17-13(11)16/h6-9,12H,3-5H2,1-2H3,(H2,16,17)(H,18,19). The maximum atomic E-state index is 13.1. The number of nitrogens with two attached hydrogens (primary N) is 1. The number of carbonyl (C=O) groups is 1. The Bertz CT molecular complexity index is 478. The molecule has 1 heterocycles. The van der Waals surface area contributed by atoms with E-state index in [-0.39, 0.29) is 23.3 Å². The van der Waals surface area contributed by atoms with Crippen molar-refractivity contribution < 1.29 is 9.18 Å². The van der Waals surface area contributed by atoms with Crippen LogP contribution in [0.3, 0.4) is 0 Å². The average molecular weight is 265 g/mol. The predicted octanol–water partition coefficient (Wildman–Crippen LogP) is 2.36. The van der Waals surface area contributed by atoms with E-state index in [0.29, 0.717) is 11.8 Å². The molecule has 1 aromatic heterocycles. The molecule has 0 spiro atoms. The molecule has 104 valence electrons. The molecule has 1 aromatic rings. The highest BCUT2D eigenvalue weighted by molar-refractivity contribution is 5.98. The summed E-state index contributed by atoms with van der Waals surface area (Å²) in [5.74, 6) is 0.302. The van der Waals surface area contributed by atoms with Crippen LogP contribution in [0.2, 0.25) is 0 Å². The lowest BCUT2D eigenvalue weighted by molar-refractivity contribution is 0.0899. The molecule has 1 saturated carbocycles. The number of hydrogen-bond donors (Lipinski definition) is 2. The van der Waals surface area contributed by atoms with E-state index in [1.54, 1.807) is 0 Å². The topological polar surface area (TPSA) is 68.0 Å². The Morgan fingerprint density at radius 2 is 2.21 bits per heavy atom. The second-order valence-corrected chi connectivity index (χ2v) is 5.56. The van der Waals surface area contributed by atoms with Crippen molar-refractivity contribution in [2.75, 3.05) is 5.73 Å². The molecule has 1 fully saturated rings. The predicted molar refractivity (Wildman–Crippen MR) is 72.0 cm³/mol. The van der Waals surface area contributed by atoms with Crippen molar-refractivity contribution in [1.29, 1.82) is 0 Å². The highest BCUT2D eigenvalue weighted by atomic mass is 19.1. The van der Waals surface area contributed by atoms with Gasteiger partial charge in [-0.1, -0.05) is 13.8 Å². The van der Waals surface area contributed by atoms with E-state index in [1.807, 2.05) is 0 Å². The highest BCUT2D eigenvalue weighted by Gasteiger charge is 2.27. The van der Waals surface area contributed by atoms with E-state index < -0.39 is 5.82 Å². The molecular weight excluding hydrogens is 245 g/mol. The van der Waals surface area contributed by atoms with E-state index in [0.717, 1.165) is 31.5 Å². The summed E-state index contributed by atoms with van der Waals surface area (Å²) in [7, 11) is 0. The van der Waals surface area contributed by atoms with Gasteiger partial charge in [-0.05, 0) is 37.2 Å². The van der Waals surface area contributed by atoms with Gasteiger partial charge in [-0.3, -0.25) is 4.79 Å². The number of nitrogens with zero attached hydrogens (tertiary/aromatic N) is 1. The van der Waals surface area contributed by atoms with Crippen LogP contribution in [0, 0.1) is 17.7 Å². The summed E-state index contributed by atoms with van der Waals surface area (Å²) in [5, 5.41) is 2.95. The number of anilines is 1. The van der Waals surface area contributed by atoms with Gasteiger partial charge in [-0.25, -0.2) is 9.37 Å². The average Bonchev–Trinajstić information content (AvgIpc) is 2.35. The van der Waals surface area contributed by atoms with Gasteiger partial charge in [0.25, 0.3) is 5.91 Å². The molecule has 0 bridgehead atoms.